The Morgan fingerprint density at radius 3 is 3.04 bits per heavy atom. The van der Waals surface area contributed by atoms with Crippen molar-refractivity contribution in [2.45, 2.75) is 6.92 Å². The predicted molar refractivity (Wildman–Crippen MR) is 111 cm³/mol. The molecule has 9 heteroatoms. The Morgan fingerprint density at radius 1 is 1.41 bits per heavy atom. The van der Waals surface area contributed by atoms with Crippen molar-refractivity contribution in [2.75, 3.05) is 18.5 Å². The molecule has 0 spiro atoms. The Bertz CT molecular complexity index is 1000. The van der Waals surface area contributed by atoms with Crippen LogP contribution in [0.25, 0.3) is 22.4 Å². The normalized spacial score (nSPS) is 10.4. The number of hydrogen-bond acceptors (Lipinski definition) is 7. The quantitative estimate of drug-likeness (QED) is 0.370. The van der Waals surface area contributed by atoms with Gasteiger partial charge in [-0.25, -0.2) is 14.8 Å². The lowest BCUT2D eigenvalue weighted by Gasteiger charge is -2.08. The lowest BCUT2D eigenvalue weighted by atomic mass is 10.2. The van der Waals surface area contributed by atoms with Crippen molar-refractivity contribution >= 4 is 51.6 Å². The Morgan fingerprint density at radius 2 is 2.26 bits per heavy atom. The number of thiocarbonyl (C=S) groups is 1. The van der Waals surface area contributed by atoms with Crippen LogP contribution >= 0.6 is 23.6 Å². The summed E-state index contributed by atoms with van der Waals surface area (Å²) in [7, 11) is 0. The highest BCUT2D eigenvalue weighted by molar-refractivity contribution is 7.80. The maximum Gasteiger partial charge on any atom is 0.348 e. The van der Waals surface area contributed by atoms with Crippen LogP contribution in [0, 0.1) is 0 Å². The van der Waals surface area contributed by atoms with Gasteiger partial charge in [0.15, 0.2) is 10.8 Å². The van der Waals surface area contributed by atoms with Crippen molar-refractivity contribution in [3.63, 3.8) is 0 Å². The zero-order chi connectivity index (χ0) is 19.2. The minimum absolute atomic E-state index is 0.338. The first-order valence-electron chi connectivity index (χ1n) is 8.16. The van der Waals surface area contributed by atoms with E-state index < -0.39 is 0 Å². The molecule has 0 aliphatic heterocycles. The number of pyridine rings is 1. The van der Waals surface area contributed by atoms with Gasteiger partial charge < -0.3 is 15.4 Å². The summed E-state index contributed by atoms with van der Waals surface area (Å²) >= 11 is 6.50. The van der Waals surface area contributed by atoms with Crippen LogP contribution in [0.15, 0.2) is 42.4 Å². The van der Waals surface area contributed by atoms with Crippen molar-refractivity contribution < 1.29 is 9.53 Å². The highest BCUT2D eigenvalue weighted by Crippen LogP contribution is 2.25. The second-order valence-electron chi connectivity index (χ2n) is 5.34. The Balaban J connectivity index is 1.84. The number of esters is 1. The summed E-state index contributed by atoms with van der Waals surface area (Å²) in [6, 6.07) is 5.34. The summed E-state index contributed by atoms with van der Waals surface area (Å²) in [6.45, 7) is 6.30. The second kappa shape index (κ2) is 8.65. The third kappa shape index (κ3) is 4.63. The van der Waals surface area contributed by atoms with Gasteiger partial charge in [-0.15, -0.1) is 17.9 Å². The van der Waals surface area contributed by atoms with Crippen molar-refractivity contribution in [3.8, 4) is 11.3 Å². The van der Waals surface area contributed by atoms with Gasteiger partial charge in [0.05, 0.1) is 18.5 Å². The Hall–Kier alpha value is -2.91. The van der Waals surface area contributed by atoms with E-state index in [0.29, 0.717) is 45.8 Å². The van der Waals surface area contributed by atoms with E-state index >= 15 is 0 Å². The van der Waals surface area contributed by atoms with Crippen LogP contribution in [-0.4, -0.2) is 39.2 Å². The summed E-state index contributed by atoms with van der Waals surface area (Å²) in [4.78, 5) is 25.8. The predicted octanol–water partition coefficient (Wildman–Crippen LogP) is 3.40. The van der Waals surface area contributed by atoms with Gasteiger partial charge in [-0.2, -0.15) is 0 Å². The largest absolute Gasteiger partial charge is 0.462 e. The molecule has 0 radical (unpaired) electrons. The standard InChI is InChI=1S/C18H17N5O2S2/c1-3-7-19-18(26)23-15-6-5-12-16(22-15)21-13(9-20-12)11-8-14(27-10-11)17(24)25-4-2/h3,5-6,8-10H,1,4,7H2,2H3,(H2,19,21,22,23,26). The molecule has 0 aromatic carbocycles. The molecule has 0 saturated heterocycles. The van der Waals surface area contributed by atoms with E-state index in [9.17, 15) is 4.79 Å². The summed E-state index contributed by atoms with van der Waals surface area (Å²) < 4.78 is 5.02. The molecule has 0 amide bonds. The van der Waals surface area contributed by atoms with E-state index in [2.05, 4.69) is 32.2 Å². The number of nitrogens with one attached hydrogen (secondary N) is 2. The van der Waals surface area contributed by atoms with E-state index in [0.717, 1.165) is 5.56 Å². The van der Waals surface area contributed by atoms with Gasteiger partial charge in [0.1, 0.15) is 16.2 Å². The molecule has 0 aliphatic carbocycles. The minimum atomic E-state index is -0.340. The number of fused-ring (bicyclic) bond motifs is 1. The number of hydrogen-bond donors (Lipinski definition) is 2. The van der Waals surface area contributed by atoms with Gasteiger partial charge in [0.25, 0.3) is 0 Å². The molecule has 3 rings (SSSR count). The van der Waals surface area contributed by atoms with E-state index in [4.69, 9.17) is 17.0 Å². The monoisotopic (exact) mass is 399 g/mol. The summed E-state index contributed by atoms with van der Waals surface area (Å²) in [6.07, 6.45) is 3.37. The third-order valence-corrected chi connectivity index (χ3v) is 4.58. The second-order valence-corrected chi connectivity index (χ2v) is 6.66. The van der Waals surface area contributed by atoms with Crippen LogP contribution in [-0.2, 0) is 4.74 Å². The first-order chi connectivity index (χ1) is 13.1. The molecule has 138 valence electrons. The zero-order valence-corrected chi connectivity index (χ0v) is 16.2. The number of carbonyl (C=O) groups is 1. The van der Waals surface area contributed by atoms with Crippen LogP contribution < -0.4 is 10.6 Å². The molecule has 0 bridgehead atoms. The molecule has 0 unspecified atom stereocenters. The van der Waals surface area contributed by atoms with Gasteiger partial charge in [-0.05, 0) is 37.3 Å². The summed E-state index contributed by atoms with van der Waals surface area (Å²) in [5.74, 6) is 0.223. The molecular formula is C18H17N5O2S2. The number of ether oxygens (including phenoxy) is 1. The van der Waals surface area contributed by atoms with E-state index in [1.165, 1.54) is 11.3 Å². The molecule has 0 saturated carbocycles. The topological polar surface area (TPSA) is 89.0 Å². The van der Waals surface area contributed by atoms with E-state index in [1.54, 1.807) is 31.3 Å². The lowest BCUT2D eigenvalue weighted by molar-refractivity contribution is 0.0532. The molecule has 0 aliphatic rings. The molecule has 27 heavy (non-hydrogen) atoms. The Labute approximate surface area is 165 Å². The first kappa shape index (κ1) is 18.9. The molecule has 0 atom stereocenters. The van der Waals surface area contributed by atoms with Gasteiger partial charge in [-0.3, -0.25) is 4.98 Å². The first-order valence-corrected chi connectivity index (χ1v) is 9.45. The van der Waals surface area contributed by atoms with Gasteiger partial charge >= 0.3 is 5.97 Å². The van der Waals surface area contributed by atoms with Crippen molar-refractivity contribution in [1.29, 1.82) is 0 Å². The van der Waals surface area contributed by atoms with Crippen LogP contribution in [0.2, 0.25) is 0 Å². The average molecular weight is 400 g/mol. The van der Waals surface area contributed by atoms with Crippen LogP contribution in [0.4, 0.5) is 5.82 Å². The number of aromatic nitrogens is 3. The van der Waals surface area contributed by atoms with Crippen molar-refractivity contribution in [3.05, 3.63) is 47.3 Å². The minimum Gasteiger partial charge on any atom is -0.462 e. The molecule has 3 aromatic heterocycles. The van der Waals surface area contributed by atoms with Crippen molar-refractivity contribution in [2.24, 2.45) is 0 Å². The van der Waals surface area contributed by atoms with E-state index in [-0.39, 0.29) is 5.97 Å². The number of rotatable bonds is 6. The van der Waals surface area contributed by atoms with Crippen LogP contribution in [0.1, 0.15) is 16.6 Å². The smallest absolute Gasteiger partial charge is 0.348 e. The molecule has 3 heterocycles. The highest BCUT2D eigenvalue weighted by atomic mass is 32.1. The molecule has 2 N–H and O–H groups in total. The average Bonchev–Trinajstić information content (AvgIpc) is 3.16. The van der Waals surface area contributed by atoms with Gasteiger partial charge in [0, 0.05) is 17.5 Å². The zero-order valence-electron chi connectivity index (χ0n) is 14.6. The van der Waals surface area contributed by atoms with Crippen molar-refractivity contribution in [1.82, 2.24) is 20.3 Å². The van der Waals surface area contributed by atoms with Crippen LogP contribution in [0.3, 0.4) is 0 Å². The van der Waals surface area contributed by atoms with Crippen LogP contribution in [0.5, 0.6) is 0 Å². The molecule has 3 aromatic rings. The van der Waals surface area contributed by atoms with Gasteiger partial charge in [-0.1, -0.05) is 6.08 Å². The molecule has 7 nitrogen and oxygen atoms in total. The Kier molecular flexibility index (Phi) is 6.05. The summed E-state index contributed by atoms with van der Waals surface area (Å²) in [5, 5.41) is 8.26. The molecule has 0 fully saturated rings. The summed E-state index contributed by atoms with van der Waals surface area (Å²) in [5.41, 5.74) is 2.56. The van der Waals surface area contributed by atoms with Gasteiger partial charge in [0.2, 0.25) is 0 Å². The number of thiophene rings is 1. The maximum atomic E-state index is 11.8. The number of anilines is 1. The number of nitrogens with zero attached hydrogens (tertiary/aromatic N) is 3. The fourth-order valence-electron chi connectivity index (χ4n) is 2.21. The SMILES string of the molecule is C=CCNC(=S)Nc1ccc2ncc(-c3csc(C(=O)OCC)c3)nc2n1. The maximum absolute atomic E-state index is 11.8. The lowest BCUT2D eigenvalue weighted by Crippen LogP contribution is -2.28. The number of carbonyl (C=O) groups excluding carboxylic acids is 1. The highest BCUT2D eigenvalue weighted by Gasteiger charge is 2.13. The fourth-order valence-corrected chi connectivity index (χ4v) is 3.19. The molecular weight excluding hydrogens is 382 g/mol. The van der Waals surface area contributed by atoms with E-state index in [1.807, 2.05) is 11.4 Å². The fraction of sp³-hybridized carbons (Fsp3) is 0.167. The third-order valence-electron chi connectivity index (χ3n) is 3.43.